The summed E-state index contributed by atoms with van der Waals surface area (Å²) in [5.74, 6) is 0.586. The highest BCUT2D eigenvalue weighted by molar-refractivity contribution is 5.10. The van der Waals surface area contributed by atoms with Crippen molar-refractivity contribution in [1.29, 1.82) is 0 Å². The third-order valence-electron chi connectivity index (χ3n) is 2.92. The summed E-state index contributed by atoms with van der Waals surface area (Å²) < 4.78 is 11.3. The van der Waals surface area contributed by atoms with Crippen molar-refractivity contribution in [1.82, 2.24) is 0 Å². The van der Waals surface area contributed by atoms with E-state index in [0.717, 1.165) is 39.0 Å². The number of hydrogen-bond donors (Lipinski definition) is 1. The highest BCUT2D eigenvalue weighted by Crippen LogP contribution is 2.33. The lowest BCUT2D eigenvalue weighted by Gasteiger charge is -2.15. The summed E-state index contributed by atoms with van der Waals surface area (Å²) in [5.41, 5.74) is 5.40. The van der Waals surface area contributed by atoms with Crippen molar-refractivity contribution >= 4 is 0 Å². The van der Waals surface area contributed by atoms with Crippen LogP contribution in [0.25, 0.3) is 0 Å². The fraction of sp³-hybridized carbons (Fsp3) is 0.818. The number of hydrogen-bond acceptors (Lipinski definition) is 3. The van der Waals surface area contributed by atoms with E-state index in [2.05, 4.69) is 12.2 Å². The molecular formula is C11H19NO2. The molecule has 0 aromatic rings. The molecule has 3 unspecified atom stereocenters. The summed E-state index contributed by atoms with van der Waals surface area (Å²) >= 11 is 0. The van der Waals surface area contributed by atoms with Crippen LogP contribution in [0.15, 0.2) is 12.2 Å². The van der Waals surface area contributed by atoms with Crippen molar-refractivity contribution in [3.05, 3.63) is 12.2 Å². The van der Waals surface area contributed by atoms with Gasteiger partial charge in [0, 0.05) is 12.5 Å². The lowest BCUT2D eigenvalue weighted by atomic mass is 9.95. The molecule has 2 heterocycles. The van der Waals surface area contributed by atoms with Crippen molar-refractivity contribution in [2.24, 2.45) is 11.7 Å². The SMILES string of the molecule is NCCCCOCC1CC2C=CC1O2. The highest BCUT2D eigenvalue weighted by Gasteiger charge is 2.36. The molecule has 0 radical (unpaired) electrons. The van der Waals surface area contributed by atoms with Gasteiger partial charge in [-0.2, -0.15) is 0 Å². The molecule has 1 saturated heterocycles. The van der Waals surface area contributed by atoms with Gasteiger partial charge in [-0.25, -0.2) is 0 Å². The van der Waals surface area contributed by atoms with E-state index < -0.39 is 0 Å². The lowest BCUT2D eigenvalue weighted by Crippen LogP contribution is -2.19. The lowest BCUT2D eigenvalue weighted by molar-refractivity contribution is 0.0615. The van der Waals surface area contributed by atoms with Gasteiger partial charge in [0.05, 0.1) is 18.8 Å². The summed E-state index contributed by atoms with van der Waals surface area (Å²) in [5, 5.41) is 0. The number of nitrogens with two attached hydrogens (primary N) is 1. The highest BCUT2D eigenvalue weighted by atomic mass is 16.5. The minimum Gasteiger partial charge on any atom is -0.381 e. The van der Waals surface area contributed by atoms with Crippen LogP contribution in [-0.2, 0) is 9.47 Å². The Balaban J connectivity index is 1.56. The van der Waals surface area contributed by atoms with Gasteiger partial charge >= 0.3 is 0 Å². The normalized spacial score (nSPS) is 34.2. The van der Waals surface area contributed by atoms with Gasteiger partial charge in [0.15, 0.2) is 0 Å². The van der Waals surface area contributed by atoms with E-state index in [4.69, 9.17) is 15.2 Å². The number of rotatable bonds is 6. The zero-order valence-corrected chi connectivity index (χ0v) is 8.52. The van der Waals surface area contributed by atoms with Crippen molar-refractivity contribution < 1.29 is 9.47 Å². The van der Waals surface area contributed by atoms with E-state index in [9.17, 15) is 0 Å². The average Bonchev–Trinajstić information content (AvgIpc) is 2.79. The van der Waals surface area contributed by atoms with Crippen LogP contribution in [0, 0.1) is 5.92 Å². The van der Waals surface area contributed by atoms with Crippen molar-refractivity contribution in [3.8, 4) is 0 Å². The fourth-order valence-electron chi connectivity index (χ4n) is 2.11. The summed E-state index contributed by atoms with van der Waals surface area (Å²) in [4.78, 5) is 0. The van der Waals surface area contributed by atoms with E-state index in [0.29, 0.717) is 18.1 Å². The first-order valence-corrected chi connectivity index (χ1v) is 5.52. The number of ether oxygens (including phenoxy) is 2. The molecule has 1 fully saturated rings. The van der Waals surface area contributed by atoms with Crippen LogP contribution in [0.3, 0.4) is 0 Å². The summed E-state index contributed by atoms with van der Waals surface area (Å²) in [6.45, 7) is 2.45. The Morgan fingerprint density at radius 3 is 2.93 bits per heavy atom. The van der Waals surface area contributed by atoms with Crippen LogP contribution in [0.5, 0.6) is 0 Å². The first kappa shape index (κ1) is 10.1. The second-order valence-corrected chi connectivity index (χ2v) is 4.09. The minimum atomic E-state index is 0.328. The largest absolute Gasteiger partial charge is 0.381 e. The maximum Gasteiger partial charge on any atom is 0.0816 e. The van der Waals surface area contributed by atoms with Gasteiger partial charge in [0.25, 0.3) is 0 Å². The molecule has 0 aromatic heterocycles. The first-order valence-electron chi connectivity index (χ1n) is 5.52. The second kappa shape index (κ2) is 4.91. The molecule has 2 rings (SSSR count). The third kappa shape index (κ3) is 2.35. The fourth-order valence-corrected chi connectivity index (χ4v) is 2.11. The van der Waals surface area contributed by atoms with Gasteiger partial charge in [-0.3, -0.25) is 0 Å². The Morgan fingerprint density at radius 2 is 2.29 bits per heavy atom. The molecule has 0 amide bonds. The summed E-state index contributed by atoms with van der Waals surface area (Å²) in [6, 6.07) is 0. The maximum atomic E-state index is 5.65. The topological polar surface area (TPSA) is 44.5 Å². The Hall–Kier alpha value is -0.380. The molecule has 0 aliphatic carbocycles. The first-order chi connectivity index (χ1) is 6.90. The van der Waals surface area contributed by atoms with Crippen LogP contribution in [0.2, 0.25) is 0 Å². The van der Waals surface area contributed by atoms with Crippen LogP contribution >= 0.6 is 0 Å². The van der Waals surface area contributed by atoms with Gasteiger partial charge in [-0.1, -0.05) is 12.2 Å². The Kier molecular flexibility index (Phi) is 3.56. The van der Waals surface area contributed by atoms with Crippen molar-refractivity contribution in [3.63, 3.8) is 0 Å². The molecule has 2 aliphatic heterocycles. The molecule has 14 heavy (non-hydrogen) atoms. The van der Waals surface area contributed by atoms with Gasteiger partial charge in [-0.05, 0) is 25.8 Å². The maximum absolute atomic E-state index is 5.65. The summed E-state index contributed by atoms with van der Waals surface area (Å²) in [7, 11) is 0. The molecule has 0 aromatic carbocycles. The van der Waals surface area contributed by atoms with Gasteiger partial charge < -0.3 is 15.2 Å². The smallest absolute Gasteiger partial charge is 0.0816 e. The van der Waals surface area contributed by atoms with E-state index >= 15 is 0 Å². The van der Waals surface area contributed by atoms with E-state index in [1.807, 2.05) is 0 Å². The van der Waals surface area contributed by atoms with Crippen LogP contribution < -0.4 is 5.73 Å². The second-order valence-electron chi connectivity index (χ2n) is 4.09. The predicted molar refractivity (Wildman–Crippen MR) is 55.0 cm³/mol. The Morgan fingerprint density at radius 1 is 1.36 bits per heavy atom. The minimum absolute atomic E-state index is 0.328. The molecule has 2 bridgehead atoms. The Bertz CT molecular complexity index is 205. The molecular weight excluding hydrogens is 178 g/mol. The average molecular weight is 197 g/mol. The standard InChI is InChI=1S/C11H19NO2/c12-5-1-2-6-13-8-9-7-10-3-4-11(9)14-10/h3-4,9-11H,1-2,5-8,12H2. The predicted octanol–water partition coefficient (Wildman–Crippen LogP) is 1.09. The quantitative estimate of drug-likeness (QED) is 0.512. The molecule has 3 atom stereocenters. The van der Waals surface area contributed by atoms with E-state index in [-0.39, 0.29) is 0 Å². The number of unbranched alkanes of at least 4 members (excludes halogenated alkanes) is 1. The van der Waals surface area contributed by atoms with Crippen molar-refractivity contribution in [2.75, 3.05) is 19.8 Å². The van der Waals surface area contributed by atoms with Crippen molar-refractivity contribution in [2.45, 2.75) is 31.5 Å². The monoisotopic (exact) mass is 197 g/mol. The molecule has 2 aliphatic rings. The van der Waals surface area contributed by atoms with E-state index in [1.165, 1.54) is 0 Å². The molecule has 3 heteroatoms. The molecule has 80 valence electrons. The summed E-state index contributed by atoms with van der Waals surface area (Å²) in [6.07, 6.45) is 8.31. The molecule has 3 nitrogen and oxygen atoms in total. The molecule has 2 N–H and O–H groups in total. The zero-order valence-electron chi connectivity index (χ0n) is 8.52. The zero-order chi connectivity index (χ0) is 9.80. The number of fused-ring (bicyclic) bond motifs is 2. The molecule has 0 spiro atoms. The van der Waals surface area contributed by atoms with Crippen LogP contribution in [0.1, 0.15) is 19.3 Å². The van der Waals surface area contributed by atoms with Gasteiger partial charge in [-0.15, -0.1) is 0 Å². The van der Waals surface area contributed by atoms with Gasteiger partial charge in [0.2, 0.25) is 0 Å². The third-order valence-corrected chi connectivity index (χ3v) is 2.92. The van der Waals surface area contributed by atoms with Crippen LogP contribution in [-0.4, -0.2) is 32.0 Å². The van der Waals surface area contributed by atoms with Gasteiger partial charge in [0.1, 0.15) is 0 Å². The Labute approximate surface area is 85.3 Å². The van der Waals surface area contributed by atoms with Crippen LogP contribution in [0.4, 0.5) is 0 Å². The molecule has 0 saturated carbocycles. The van der Waals surface area contributed by atoms with E-state index in [1.54, 1.807) is 0 Å².